The topological polar surface area (TPSA) is 87.9 Å². The number of amides is 1. The average molecular weight is 413 g/mol. The number of carbonyl (C=O) groups excluding carboxylic acids is 1. The Bertz CT molecular complexity index is 811. The number of ether oxygens (including phenoxy) is 1. The van der Waals surface area contributed by atoms with Crippen LogP contribution in [0.3, 0.4) is 0 Å². The van der Waals surface area contributed by atoms with Gasteiger partial charge in [0.1, 0.15) is 0 Å². The molecule has 1 amide bonds. The summed E-state index contributed by atoms with van der Waals surface area (Å²) in [5, 5.41) is 9.65. The predicted octanol–water partition coefficient (Wildman–Crippen LogP) is 3.79. The third-order valence-electron chi connectivity index (χ3n) is 5.60. The smallest absolute Gasteiger partial charge is 0.291 e. The van der Waals surface area contributed by atoms with Crippen LogP contribution in [0.2, 0.25) is 0 Å². The molecule has 0 aliphatic heterocycles. The second-order valence-electron chi connectivity index (χ2n) is 7.77. The molecule has 1 heterocycles. The Balaban J connectivity index is 1.53. The molecule has 1 aliphatic carbocycles. The molecule has 7 heteroatoms. The van der Waals surface area contributed by atoms with Gasteiger partial charge < -0.3 is 25.1 Å². The second-order valence-corrected chi connectivity index (χ2v) is 7.77. The average Bonchev–Trinajstić information content (AvgIpc) is 3.27. The van der Waals surface area contributed by atoms with Gasteiger partial charge in [-0.1, -0.05) is 18.6 Å². The van der Waals surface area contributed by atoms with Gasteiger partial charge in [0.2, 0.25) is 0 Å². The largest absolute Gasteiger partial charge is 0.459 e. The van der Waals surface area contributed by atoms with Crippen molar-refractivity contribution in [2.45, 2.75) is 39.2 Å². The van der Waals surface area contributed by atoms with E-state index in [1.165, 1.54) is 25.5 Å². The van der Waals surface area contributed by atoms with Crippen LogP contribution in [0, 0.1) is 5.41 Å². The zero-order valence-corrected chi connectivity index (χ0v) is 17.9. The summed E-state index contributed by atoms with van der Waals surface area (Å²) in [6.07, 6.45) is 6.35. The standard InChI is InChI=1S/C23H32N4O3/c1-3-24-22(26-17-23(11-5-12-23)13-15-29-2)25-16-18-7-9-19(10-8-18)27-21(28)20-6-4-14-30-20/h4,6-10,14H,3,5,11-13,15-17H2,1-2H3,(H,27,28)(H2,24,25,26). The van der Waals surface area contributed by atoms with Gasteiger partial charge in [0.05, 0.1) is 12.8 Å². The number of hydrogen-bond acceptors (Lipinski definition) is 4. The van der Waals surface area contributed by atoms with Gasteiger partial charge in [-0.15, -0.1) is 0 Å². The summed E-state index contributed by atoms with van der Waals surface area (Å²) >= 11 is 0. The lowest BCUT2D eigenvalue weighted by Gasteiger charge is -2.42. The van der Waals surface area contributed by atoms with E-state index in [0.717, 1.165) is 43.3 Å². The summed E-state index contributed by atoms with van der Waals surface area (Å²) in [4.78, 5) is 16.8. The summed E-state index contributed by atoms with van der Waals surface area (Å²) in [6, 6.07) is 11.0. The number of carbonyl (C=O) groups is 1. The Morgan fingerprint density at radius 3 is 2.60 bits per heavy atom. The maximum atomic E-state index is 12.0. The first-order chi connectivity index (χ1) is 14.6. The molecular formula is C23H32N4O3. The van der Waals surface area contributed by atoms with Gasteiger partial charge in [-0.05, 0) is 61.4 Å². The molecule has 0 saturated heterocycles. The van der Waals surface area contributed by atoms with Crippen LogP contribution in [0.4, 0.5) is 5.69 Å². The normalized spacial score (nSPS) is 15.3. The van der Waals surface area contributed by atoms with Crippen molar-refractivity contribution < 1.29 is 13.9 Å². The van der Waals surface area contributed by atoms with Crippen LogP contribution in [0.15, 0.2) is 52.1 Å². The molecule has 30 heavy (non-hydrogen) atoms. The molecule has 0 bridgehead atoms. The van der Waals surface area contributed by atoms with Crippen molar-refractivity contribution in [3.05, 3.63) is 54.0 Å². The first-order valence-corrected chi connectivity index (χ1v) is 10.6. The van der Waals surface area contributed by atoms with Gasteiger partial charge in [0.15, 0.2) is 11.7 Å². The van der Waals surface area contributed by atoms with Crippen LogP contribution in [0.25, 0.3) is 0 Å². The molecular weight excluding hydrogens is 380 g/mol. The molecule has 2 aromatic rings. The van der Waals surface area contributed by atoms with Crippen molar-refractivity contribution in [3.8, 4) is 0 Å². The molecule has 1 aliphatic rings. The number of guanidine groups is 1. The van der Waals surface area contributed by atoms with Crippen molar-refractivity contribution in [1.82, 2.24) is 10.6 Å². The molecule has 7 nitrogen and oxygen atoms in total. The Kier molecular flexibility index (Phi) is 7.90. The minimum atomic E-state index is -0.261. The van der Waals surface area contributed by atoms with Crippen LogP contribution in [-0.2, 0) is 11.3 Å². The number of nitrogens with one attached hydrogen (secondary N) is 3. The number of hydrogen-bond donors (Lipinski definition) is 3. The van der Waals surface area contributed by atoms with Crippen LogP contribution >= 0.6 is 0 Å². The Morgan fingerprint density at radius 2 is 2.00 bits per heavy atom. The van der Waals surface area contributed by atoms with E-state index in [0.29, 0.717) is 17.7 Å². The maximum Gasteiger partial charge on any atom is 0.291 e. The van der Waals surface area contributed by atoms with Crippen molar-refractivity contribution in [1.29, 1.82) is 0 Å². The number of aliphatic imine (C=N–C) groups is 1. The van der Waals surface area contributed by atoms with E-state index < -0.39 is 0 Å². The fourth-order valence-corrected chi connectivity index (χ4v) is 3.59. The first kappa shape index (κ1) is 21.9. The van der Waals surface area contributed by atoms with E-state index >= 15 is 0 Å². The fourth-order valence-electron chi connectivity index (χ4n) is 3.59. The highest BCUT2D eigenvalue weighted by molar-refractivity contribution is 6.02. The van der Waals surface area contributed by atoms with Crippen molar-refractivity contribution in [2.24, 2.45) is 10.4 Å². The summed E-state index contributed by atoms with van der Waals surface area (Å²) in [5.74, 6) is 0.860. The van der Waals surface area contributed by atoms with Gasteiger partial charge in [-0.25, -0.2) is 4.99 Å². The molecule has 1 aromatic carbocycles. The zero-order valence-electron chi connectivity index (χ0n) is 17.9. The van der Waals surface area contributed by atoms with Crippen molar-refractivity contribution in [3.63, 3.8) is 0 Å². The van der Waals surface area contributed by atoms with Crippen molar-refractivity contribution >= 4 is 17.6 Å². The lowest BCUT2D eigenvalue weighted by molar-refractivity contribution is 0.0732. The summed E-state index contributed by atoms with van der Waals surface area (Å²) < 4.78 is 10.4. The molecule has 3 N–H and O–H groups in total. The number of benzene rings is 1. The van der Waals surface area contributed by atoms with E-state index in [1.807, 2.05) is 24.3 Å². The third kappa shape index (κ3) is 6.10. The highest BCUT2D eigenvalue weighted by Gasteiger charge is 2.36. The molecule has 0 unspecified atom stereocenters. The number of anilines is 1. The Labute approximate surface area is 178 Å². The molecule has 1 fully saturated rings. The van der Waals surface area contributed by atoms with Gasteiger partial charge >= 0.3 is 0 Å². The molecule has 0 radical (unpaired) electrons. The van der Waals surface area contributed by atoms with E-state index in [9.17, 15) is 4.79 Å². The number of nitrogens with zero attached hydrogens (tertiary/aromatic N) is 1. The number of rotatable bonds is 10. The lowest BCUT2D eigenvalue weighted by atomic mass is 9.67. The second kappa shape index (κ2) is 10.8. The summed E-state index contributed by atoms with van der Waals surface area (Å²) in [5.41, 5.74) is 2.13. The van der Waals surface area contributed by atoms with E-state index in [2.05, 4.69) is 22.9 Å². The summed E-state index contributed by atoms with van der Waals surface area (Å²) in [7, 11) is 1.76. The Hall–Kier alpha value is -2.80. The minimum absolute atomic E-state index is 0.261. The van der Waals surface area contributed by atoms with Crippen molar-refractivity contribution in [2.75, 3.05) is 32.1 Å². The van der Waals surface area contributed by atoms with Crippen LogP contribution in [-0.4, -0.2) is 38.7 Å². The third-order valence-corrected chi connectivity index (χ3v) is 5.60. The zero-order chi connectivity index (χ0) is 21.2. The van der Waals surface area contributed by atoms with Gasteiger partial charge in [0, 0.05) is 32.5 Å². The van der Waals surface area contributed by atoms with Gasteiger partial charge in [0.25, 0.3) is 5.91 Å². The fraction of sp³-hybridized carbons (Fsp3) is 0.478. The Morgan fingerprint density at radius 1 is 1.20 bits per heavy atom. The molecule has 0 spiro atoms. The monoisotopic (exact) mass is 412 g/mol. The quantitative estimate of drug-likeness (QED) is 0.408. The molecule has 1 aromatic heterocycles. The summed E-state index contributed by atoms with van der Waals surface area (Å²) in [6.45, 7) is 5.16. The molecule has 1 saturated carbocycles. The SMILES string of the molecule is CCNC(=NCc1ccc(NC(=O)c2ccco2)cc1)NCC1(CCOC)CCC1. The van der Waals surface area contributed by atoms with Crippen LogP contribution < -0.4 is 16.0 Å². The van der Waals surface area contributed by atoms with Crippen LogP contribution in [0.5, 0.6) is 0 Å². The molecule has 0 atom stereocenters. The van der Waals surface area contributed by atoms with E-state index in [1.54, 1.807) is 19.2 Å². The number of furan rings is 1. The van der Waals surface area contributed by atoms with Crippen LogP contribution in [0.1, 0.15) is 48.7 Å². The predicted molar refractivity (Wildman–Crippen MR) is 119 cm³/mol. The first-order valence-electron chi connectivity index (χ1n) is 10.6. The maximum absolute atomic E-state index is 12.0. The van der Waals surface area contributed by atoms with E-state index in [-0.39, 0.29) is 5.91 Å². The molecule has 3 rings (SSSR count). The lowest BCUT2D eigenvalue weighted by Crippen LogP contribution is -2.46. The van der Waals surface area contributed by atoms with Gasteiger partial charge in [-0.3, -0.25) is 4.79 Å². The number of methoxy groups -OCH3 is 1. The minimum Gasteiger partial charge on any atom is -0.459 e. The highest BCUT2D eigenvalue weighted by atomic mass is 16.5. The highest BCUT2D eigenvalue weighted by Crippen LogP contribution is 2.43. The van der Waals surface area contributed by atoms with Gasteiger partial charge in [-0.2, -0.15) is 0 Å². The molecule has 162 valence electrons. The van der Waals surface area contributed by atoms with E-state index in [4.69, 9.17) is 14.1 Å².